The molecule has 20 heavy (non-hydrogen) atoms. The molecule has 2 atom stereocenters. The molecule has 0 aliphatic rings. The van der Waals surface area contributed by atoms with Crippen molar-refractivity contribution in [1.82, 2.24) is 5.48 Å². The normalized spacial score (nSPS) is 13.5. The van der Waals surface area contributed by atoms with Crippen molar-refractivity contribution >= 4 is 12.3 Å². The Hall–Kier alpha value is -1.72. The Labute approximate surface area is 119 Å². The van der Waals surface area contributed by atoms with Gasteiger partial charge in [-0.2, -0.15) is 5.48 Å². The number of aldehydes is 1. The Morgan fingerprint density at radius 3 is 2.65 bits per heavy atom. The predicted molar refractivity (Wildman–Crippen MR) is 74.7 cm³/mol. The second-order valence-electron chi connectivity index (χ2n) is 4.54. The number of hydrogen-bond acceptors (Lipinski definition) is 5. The van der Waals surface area contributed by atoms with E-state index in [1.54, 1.807) is 6.92 Å². The summed E-state index contributed by atoms with van der Waals surface area (Å²) in [5, 5.41) is 0. The molecule has 0 bridgehead atoms. The molecule has 1 aromatic carbocycles. The fourth-order valence-corrected chi connectivity index (χ4v) is 1.48. The summed E-state index contributed by atoms with van der Waals surface area (Å²) in [7, 11) is 0. The van der Waals surface area contributed by atoms with Gasteiger partial charge in [-0.05, 0) is 18.9 Å². The highest BCUT2D eigenvalue weighted by Crippen LogP contribution is 2.06. The van der Waals surface area contributed by atoms with Crippen LogP contribution in [0.2, 0.25) is 0 Å². The number of esters is 1. The van der Waals surface area contributed by atoms with E-state index in [-0.39, 0.29) is 25.1 Å². The maximum atomic E-state index is 11.7. The molecule has 0 amide bonds. The molecule has 1 aromatic rings. The van der Waals surface area contributed by atoms with E-state index >= 15 is 0 Å². The van der Waals surface area contributed by atoms with E-state index in [2.05, 4.69) is 5.48 Å². The second-order valence-corrected chi connectivity index (χ2v) is 4.54. The van der Waals surface area contributed by atoms with Crippen LogP contribution in [0.3, 0.4) is 0 Å². The maximum Gasteiger partial charge on any atom is 0.308 e. The Bertz CT molecular complexity index is 408. The van der Waals surface area contributed by atoms with Crippen molar-refractivity contribution in [2.24, 2.45) is 0 Å². The number of nitrogens with one attached hydrogen (secondary N) is 1. The van der Waals surface area contributed by atoms with Gasteiger partial charge in [0.15, 0.2) is 0 Å². The summed E-state index contributed by atoms with van der Waals surface area (Å²) in [4.78, 5) is 27.4. The third kappa shape index (κ3) is 6.45. The summed E-state index contributed by atoms with van der Waals surface area (Å²) >= 11 is 0. The van der Waals surface area contributed by atoms with Crippen LogP contribution >= 0.6 is 0 Å². The fraction of sp³-hybridized carbons (Fsp3) is 0.467. The SMILES string of the molecule is CCC(CC(=O)OCc1ccccc1)ONC(C)C=O. The number of carbonyl (C=O) groups is 2. The second kappa shape index (κ2) is 9.23. The molecular weight excluding hydrogens is 258 g/mol. The van der Waals surface area contributed by atoms with Crippen LogP contribution < -0.4 is 5.48 Å². The van der Waals surface area contributed by atoms with Crippen molar-refractivity contribution in [1.29, 1.82) is 0 Å². The van der Waals surface area contributed by atoms with Gasteiger partial charge >= 0.3 is 5.97 Å². The third-order valence-electron chi connectivity index (χ3n) is 2.72. The first-order valence-corrected chi connectivity index (χ1v) is 6.71. The Morgan fingerprint density at radius 2 is 2.05 bits per heavy atom. The molecule has 110 valence electrons. The minimum absolute atomic E-state index is 0.155. The fourth-order valence-electron chi connectivity index (χ4n) is 1.48. The van der Waals surface area contributed by atoms with E-state index < -0.39 is 6.04 Å². The molecule has 0 fully saturated rings. The van der Waals surface area contributed by atoms with Crippen molar-refractivity contribution in [2.75, 3.05) is 0 Å². The predicted octanol–water partition coefficient (Wildman–Crippen LogP) is 2.01. The average molecular weight is 279 g/mol. The summed E-state index contributed by atoms with van der Waals surface area (Å²) < 4.78 is 5.18. The quantitative estimate of drug-likeness (QED) is 0.425. The molecule has 2 unspecified atom stereocenters. The molecule has 0 aliphatic carbocycles. The first kappa shape index (κ1) is 16.3. The smallest absolute Gasteiger partial charge is 0.308 e. The van der Waals surface area contributed by atoms with Gasteiger partial charge in [0.25, 0.3) is 0 Å². The topological polar surface area (TPSA) is 64.6 Å². The van der Waals surface area contributed by atoms with Crippen LogP contribution in [0, 0.1) is 0 Å². The minimum Gasteiger partial charge on any atom is -0.461 e. The summed E-state index contributed by atoms with van der Waals surface area (Å²) in [5.74, 6) is -0.318. The van der Waals surface area contributed by atoms with Crippen molar-refractivity contribution in [3.05, 3.63) is 35.9 Å². The summed E-state index contributed by atoms with van der Waals surface area (Å²) in [6, 6.07) is 9.09. The minimum atomic E-state index is -0.399. The lowest BCUT2D eigenvalue weighted by Crippen LogP contribution is -2.33. The zero-order valence-electron chi connectivity index (χ0n) is 11.9. The molecule has 0 saturated heterocycles. The van der Waals surface area contributed by atoms with Crippen molar-refractivity contribution in [3.8, 4) is 0 Å². The van der Waals surface area contributed by atoms with Crippen molar-refractivity contribution in [3.63, 3.8) is 0 Å². The molecule has 0 spiro atoms. The monoisotopic (exact) mass is 279 g/mol. The van der Waals surface area contributed by atoms with Crippen molar-refractivity contribution < 1.29 is 19.2 Å². The van der Waals surface area contributed by atoms with E-state index in [4.69, 9.17) is 9.57 Å². The highest BCUT2D eigenvalue weighted by Gasteiger charge is 2.15. The van der Waals surface area contributed by atoms with E-state index in [9.17, 15) is 9.59 Å². The van der Waals surface area contributed by atoms with Gasteiger partial charge in [0.05, 0.1) is 18.6 Å². The van der Waals surface area contributed by atoms with Gasteiger partial charge < -0.3 is 9.53 Å². The Kier molecular flexibility index (Phi) is 7.54. The van der Waals surface area contributed by atoms with Crippen LogP contribution in [0.1, 0.15) is 32.3 Å². The van der Waals surface area contributed by atoms with Crippen LogP contribution in [-0.4, -0.2) is 24.4 Å². The highest BCUT2D eigenvalue weighted by atomic mass is 16.7. The lowest BCUT2D eigenvalue weighted by Gasteiger charge is -2.17. The molecule has 0 aromatic heterocycles. The van der Waals surface area contributed by atoms with Gasteiger partial charge in [0.1, 0.15) is 12.9 Å². The molecule has 0 saturated carbocycles. The molecule has 5 heteroatoms. The largest absolute Gasteiger partial charge is 0.461 e. The number of hydrogen-bond donors (Lipinski definition) is 1. The third-order valence-corrected chi connectivity index (χ3v) is 2.72. The first-order valence-electron chi connectivity index (χ1n) is 6.71. The Balaban J connectivity index is 2.30. The number of rotatable bonds is 9. The Morgan fingerprint density at radius 1 is 1.35 bits per heavy atom. The molecule has 1 rings (SSSR count). The molecule has 1 N–H and O–H groups in total. The summed E-state index contributed by atoms with van der Waals surface area (Å²) in [6.07, 6.45) is 1.24. The van der Waals surface area contributed by atoms with Crippen LogP contribution in [0.4, 0.5) is 0 Å². The lowest BCUT2D eigenvalue weighted by molar-refractivity contribution is -0.150. The maximum absolute atomic E-state index is 11.7. The van der Waals surface area contributed by atoms with E-state index in [1.807, 2.05) is 37.3 Å². The number of hydroxylamine groups is 1. The summed E-state index contributed by atoms with van der Waals surface area (Å²) in [5.41, 5.74) is 3.53. The molecule has 5 nitrogen and oxygen atoms in total. The zero-order chi connectivity index (χ0) is 14.8. The van der Waals surface area contributed by atoms with Gasteiger partial charge in [0, 0.05) is 0 Å². The van der Waals surface area contributed by atoms with E-state index in [0.717, 1.165) is 11.8 Å². The standard InChI is InChI=1S/C15H21NO4/c1-3-14(20-16-12(2)10-17)9-15(18)19-11-13-7-5-4-6-8-13/h4-8,10,12,14,16H,3,9,11H2,1-2H3. The number of carbonyl (C=O) groups excluding carboxylic acids is 2. The van der Waals surface area contributed by atoms with E-state index in [1.165, 1.54) is 0 Å². The first-order chi connectivity index (χ1) is 9.65. The van der Waals surface area contributed by atoms with Crippen LogP contribution in [-0.2, 0) is 25.8 Å². The molecule has 0 radical (unpaired) electrons. The molecule has 0 aliphatic heterocycles. The summed E-state index contributed by atoms with van der Waals surface area (Å²) in [6.45, 7) is 3.84. The molecular formula is C15H21NO4. The number of ether oxygens (including phenoxy) is 1. The van der Waals surface area contributed by atoms with E-state index in [0.29, 0.717) is 6.42 Å². The highest BCUT2D eigenvalue weighted by molar-refractivity contribution is 5.70. The van der Waals surface area contributed by atoms with Gasteiger partial charge in [0.2, 0.25) is 0 Å². The van der Waals surface area contributed by atoms with Crippen molar-refractivity contribution in [2.45, 2.75) is 45.4 Å². The zero-order valence-corrected chi connectivity index (χ0v) is 11.9. The van der Waals surface area contributed by atoms with Gasteiger partial charge in [-0.3, -0.25) is 9.63 Å². The van der Waals surface area contributed by atoms with Gasteiger partial charge in [-0.25, -0.2) is 0 Å². The number of benzene rings is 1. The average Bonchev–Trinajstić information content (AvgIpc) is 2.49. The van der Waals surface area contributed by atoms with Crippen LogP contribution in [0.5, 0.6) is 0 Å². The van der Waals surface area contributed by atoms with Gasteiger partial charge in [-0.15, -0.1) is 0 Å². The van der Waals surface area contributed by atoms with Crippen LogP contribution in [0.25, 0.3) is 0 Å². The lowest BCUT2D eigenvalue weighted by atomic mass is 10.2. The van der Waals surface area contributed by atoms with Gasteiger partial charge in [-0.1, -0.05) is 37.3 Å². The van der Waals surface area contributed by atoms with Crippen LogP contribution in [0.15, 0.2) is 30.3 Å². The molecule has 0 heterocycles.